The second-order valence-electron chi connectivity index (χ2n) is 4.98. The predicted molar refractivity (Wildman–Crippen MR) is 80.9 cm³/mol. The van der Waals surface area contributed by atoms with Crippen LogP contribution in [0.5, 0.6) is 0 Å². The van der Waals surface area contributed by atoms with E-state index in [1.165, 1.54) is 24.1 Å². The van der Waals surface area contributed by atoms with Crippen molar-refractivity contribution in [3.05, 3.63) is 44.3 Å². The van der Waals surface area contributed by atoms with Gasteiger partial charge < -0.3 is 5.32 Å². The van der Waals surface area contributed by atoms with Crippen LogP contribution < -0.4 is 5.32 Å². The Morgan fingerprint density at radius 3 is 3.06 bits per heavy atom. The number of thiophene rings is 2. The van der Waals surface area contributed by atoms with Crippen molar-refractivity contribution in [2.45, 2.75) is 37.6 Å². The Morgan fingerprint density at radius 1 is 1.33 bits per heavy atom. The van der Waals surface area contributed by atoms with E-state index in [1.807, 2.05) is 22.7 Å². The second-order valence-corrected chi connectivity index (χ2v) is 7.01. The van der Waals surface area contributed by atoms with Crippen molar-refractivity contribution in [1.82, 2.24) is 5.32 Å². The molecule has 0 saturated carbocycles. The Kier molecular flexibility index (Phi) is 3.83. The van der Waals surface area contributed by atoms with Gasteiger partial charge in [-0.05, 0) is 61.2 Å². The molecular weight excluding hydrogens is 258 g/mol. The third-order valence-corrected chi connectivity index (χ3v) is 5.85. The van der Waals surface area contributed by atoms with E-state index in [0.717, 1.165) is 6.42 Å². The molecule has 0 amide bonds. The molecule has 1 N–H and O–H groups in total. The summed E-state index contributed by atoms with van der Waals surface area (Å²) < 4.78 is 0. The third kappa shape index (κ3) is 2.40. The van der Waals surface area contributed by atoms with Crippen molar-refractivity contribution in [2.24, 2.45) is 0 Å². The van der Waals surface area contributed by atoms with E-state index in [2.05, 4.69) is 41.3 Å². The minimum absolute atomic E-state index is 0.581. The zero-order chi connectivity index (χ0) is 12.4. The van der Waals surface area contributed by atoms with Gasteiger partial charge in [-0.3, -0.25) is 0 Å². The summed E-state index contributed by atoms with van der Waals surface area (Å²) >= 11 is 3.82. The topological polar surface area (TPSA) is 12.0 Å². The highest BCUT2D eigenvalue weighted by atomic mass is 32.1. The van der Waals surface area contributed by atoms with Gasteiger partial charge in [-0.15, -0.1) is 22.7 Å². The molecule has 2 heterocycles. The average molecular weight is 277 g/mol. The van der Waals surface area contributed by atoms with Crippen molar-refractivity contribution in [2.75, 3.05) is 7.05 Å². The van der Waals surface area contributed by atoms with Crippen LogP contribution in [0.2, 0.25) is 0 Å². The van der Waals surface area contributed by atoms with Crippen LogP contribution in [-0.4, -0.2) is 13.1 Å². The molecule has 0 aliphatic heterocycles. The summed E-state index contributed by atoms with van der Waals surface area (Å²) in [5.74, 6) is 0.701. The Bertz CT molecular complexity index is 486. The fourth-order valence-corrected chi connectivity index (χ4v) is 4.79. The highest BCUT2D eigenvalue weighted by Gasteiger charge is 2.27. The van der Waals surface area contributed by atoms with Crippen LogP contribution in [0.3, 0.4) is 0 Å². The first kappa shape index (κ1) is 12.4. The van der Waals surface area contributed by atoms with Gasteiger partial charge >= 0.3 is 0 Å². The summed E-state index contributed by atoms with van der Waals surface area (Å²) in [7, 11) is 2.11. The van der Waals surface area contributed by atoms with Gasteiger partial charge in [-0.1, -0.05) is 6.07 Å². The lowest BCUT2D eigenvalue weighted by Gasteiger charge is -2.30. The Balaban J connectivity index is 1.81. The van der Waals surface area contributed by atoms with Crippen molar-refractivity contribution in [3.63, 3.8) is 0 Å². The van der Waals surface area contributed by atoms with Crippen LogP contribution in [0.1, 0.15) is 34.1 Å². The molecule has 0 saturated heterocycles. The molecule has 0 fully saturated rings. The van der Waals surface area contributed by atoms with Crippen molar-refractivity contribution in [3.8, 4) is 0 Å². The van der Waals surface area contributed by atoms with E-state index in [-0.39, 0.29) is 0 Å². The number of nitrogens with one attached hydrogen (secondary N) is 1. The van der Waals surface area contributed by atoms with Crippen molar-refractivity contribution >= 4 is 22.7 Å². The van der Waals surface area contributed by atoms with Gasteiger partial charge in [0.15, 0.2) is 0 Å². The number of hydrogen-bond donors (Lipinski definition) is 1. The maximum absolute atomic E-state index is 3.55. The molecule has 0 aromatic carbocycles. The fourth-order valence-electron chi connectivity index (χ4n) is 3.03. The van der Waals surface area contributed by atoms with E-state index < -0.39 is 0 Å². The number of aryl methyl sites for hydroxylation is 1. The average Bonchev–Trinajstić information content (AvgIpc) is 3.06. The zero-order valence-electron chi connectivity index (χ0n) is 10.7. The van der Waals surface area contributed by atoms with E-state index in [4.69, 9.17) is 0 Å². The van der Waals surface area contributed by atoms with Gasteiger partial charge in [-0.2, -0.15) is 0 Å². The van der Waals surface area contributed by atoms with Gasteiger partial charge in [0.25, 0.3) is 0 Å². The zero-order valence-corrected chi connectivity index (χ0v) is 12.3. The summed E-state index contributed by atoms with van der Waals surface area (Å²) in [5.41, 5.74) is 1.61. The quantitative estimate of drug-likeness (QED) is 0.888. The molecule has 3 heteroatoms. The first-order chi connectivity index (χ1) is 8.88. The van der Waals surface area contributed by atoms with Gasteiger partial charge in [0, 0.05) is 21.7 Å². The molecule has 1 aliphatic carbocycles. The second kappa shape index (κ2) is 5.55. The predicted octanol–water partition coefficient (Wildman–Crippen LogP) is 4.06. The van der Waals surface area contributed by atoms with E-state index in [1.54, 1.807) is 10.4 Å². The lowest BCUT2D eigenvalue weighted by molar-refractivity contribution is 0.415. The number of hydrogen-bond acceptors (Lipinski definition) is 3. The van der Waals surface area contributed by atoms with Crippen LogP contribution in [0.15, 0.2) is 29.0 Å². The standard InChI is InChI=1S/C15H19NS2/c1-16-14(10-11-4-3-8-17-11)12-5-2-6-15-13(12)7-9-18-15/h3-4,7-9,12,14,16H,2,5-6,10H2,1H3. The minimum atomic E-state index is 0.581. The SMILES string of the molecule is CNC(Cc1cccs1)C1CCCc2sccc21. The summed E-state index contributed by atoms with van der Waals surface area (Å²) in [6.07, 6.45) is 5.13. The monoisotopic (exact) mass is 277 g/mol. The highest BCUT2D eigenvalue weighted by Crippen LogP contribution is 2.37. The van der Waals surface area contributed by atoms with Gasteiger partial charge in [0.2, 0.25) is 0 Å². The summed E-state index contributed by atoms with van der Waals surface area (Å²) in [6, 6.07) is 7.34. The Labute approximate surface area is 117 Å². The lowest BCUT2D eigenvalue weighted by Crippen LogP contribution is -2.35. The van der Waals surface area contributed by atoms with E-state index in [0.29, 0.717) is 12.0 Å². The van der Waals surface area contributed by atoms with Gasteiger partial charge in [-0.25, -0.2) is 0 Å². The molecule has 2 atom stereocenters. The van der Waals surface area contributed by atoms with Crippen LogP contribution >= 0.6 is 22.7 Å². The smallest absolute Gasteiger partial charge is 0.0181 e. The summed E-state index contributed by atoms with van der Waals surface area (Å²) in [6.45, 7) is 0. The van der Waals surface area contributed by atoms with Crippen LogP contribution in [0, 0.1) is 0 Å². The van der Waals surface area contributed by atoms with E-state index >= 15 is 0 Å². The Hall–Kier alpha value is -0.640. The largest absolute Gasteiger partial charge is 0.316 e. The molecule has 2 aromatic heterocycles. The molecule has 0 radical (unpaired) electrons. The fraction of sp³-hybridized carbons (Fsp3) is 0.467. The molecule has 0 bridgehead atoms. The number of likely N-dealkylation sites (N-methyl/N-ethyl adjacent to an activating group) is 1. The molecule has 1 nitrogen and oxygen atoms in total. The normalized spacial score (nSPS) is 20.6. The molecule has 18 heavy (non-hydrogen) atoms. The molecule has 2 aromatic rings. The number of rotatable bonds is 4. The van der Waals surface area contributed by atoms with Crippen molar-refractivity contribution < 1.29 is 0 Å². The molecule has 2 unspecified atom stereocenters. The van der Waals surface area contributed by atoms with Crippen molar-refractivity contribution in [1.29, 1.82) is 0 Å². The maximum Gasteiger partial charge on any atom is 0.0181 e. The van der Waals surface area contributed by atoms with E-state index in [9.17, 15) is 0 Å². The summed E-state index contributed by atoms with van der Waals surface area (Å²) in [5, 5.41) is 8.00. The molecule has 0 spiro atoms. The summed E-state index contributed by atoms with van der Waals surface area (Å²) in [4.78, 5) is 3.12. The first-order valence-electron chi connectivity index (χ1n) is 6.64. The third-order valence-electron chi connectivity index (χ3n) is 3.96. The first-order valence-corrected chi connectivity index (χ1v) is 8.40. The van der Waals surface area contributed by atoms with Gasteiger partial charge in [0.05, 0.1) is 0 Å². The maximum atomic E-state index is 3.55. The Morgan fingerprint density at radius 2 is 2.28 bits per heavy atom. The minimum Gasteiger partial charge on any atom is -0.316 e. The van der Waals surface area contributed by atoms with Crippen LogP contribution in [-0.2, 0) is 12.8 Å². The highest BCUT2D eigenvalue weighted by molar-refractivity contribution is 7.10. The molecule has 3 rings (SSSR count). The molecule has 1 aliphatic rings. The lowest BCUT2D eigenvalue weighted by atomic mass is 9.81. The molecule has 96 valence electrons. The van der Waals surface area contributed by atoms with Gasteiger partial charge in [0.1, 0.15) is 0 Å². The van der Waals surface area contributed by atoms with Crippen LogP contribution in [0.4, 0.5) is 0 Å². The van der Waals surface area contributed by atoms with Crippen LogP contribution in [0.25, 0.3) is 0 Å². The number of fused-ring (bicyclic) bond motifs is 1. The molecular formula is C15H19NS2.